The summed E-state index contributed by atoms with van der Waals surface area (Å²) in [7, 11) is 0. The molecule has 0 heterocycles. The van der Waals surface area contributed by atoms with Crippen LogP contribution in [0.1, 0.15) is 34.1 Å². The third kappa shape index (κ3) is 5.08. The predicted octanol–water partition coefficient (Wildman–Crippen LogP) is 2.90. The zero-order chi connectivity index (χ0) is 20.0. The summed E-state index contributed by atoms with van der Waals surface area (Å²) in [5.41, 5.74) is -0.773. The summed E-state index contributed by atoms with van der Waals surface area (Å²) in [6.07, 6.45) is 0.772. The number of non-ortho nitro benzene ring substituents is 2. The second-order valence-corrected chi connectivity index (χ2v) is 5.54. The summed E-state index contributed by atoms with van der Waals surface area (Å²) in [6, 6.07) is 8.76. The highest BCUT2D eigenvalue weighted by Crippen LogP contribution is 2.23. The second kappa shape index (κ2) is 8.52. The minimum atomic E-state index is -0.817. The van der Waals surface area contributed by atoms with E-state index in [-0.39, 0.29) is 17.2 Å². The van der Waals surface area contributed by atoms with Crippen molar-refractivity contribution in [2.45, 2.75) is 13.3 Å². The Balaban J connectivity index is 2.26. The van der Waals surface area contributed by atoms with E-state index in [0.717, 1.165) is 24.6 Å². The molecule has 10 nitrogen and oxygen atoms in total. The van der Waals surface area contributed by atoms with Crippen LogP contribution in [0.25, 0.3) is 0 Å². The van der Waals surface area contributed by atoms with Gasteiger partial charge in [0.1, 0.15) is 0 Å². The molecule has 0 aliphatic rings. The van der Waals surface area contributed by atoms with Crippen molar-refractivity contribution in [2.24, 2.45) is 0 Å². The summed E-state index contributed by atoms with van der Waals surface area (Å²) >= 11 is 0. The molecule has 0 aliphatic heterocycles. The molecule has 0 radical (unpaired) electrons. The topological polar surface area (TPSA) is 144 Å². The van der Waals surface area contributed by atoms with Gasteiger partial charge >= 0.3 is 0 Å². The molecule has 2 amide bonds. The van der Waals surface area contributed by atoms with E-state index >= 15 is 0 Å². The standard InChI is InChI=1S/C17H16N4O6/c1-2-6-18-16(22)11-4-3-5-13(7-11)19-17(23)12-8-14(20(24)25)10-15(9-12)21(26)27/h3-5,7-10H,2,6H2,1H3,(H,18,22)(H,19,23). The fourth-order valence-corrected chi connectivity index (χ4v) is 2.22. The lowest BCUT2D eigenvalue weighted by atomic mass is 10.1. The summed E-state index contributed by atoms with van der Waals surface area (Å²) in [5.74, 6) is -1.08. The number of nitrogens with zero attached hydrogens (tertiary/aromatic N) is 2. The number of hydrogen-bond donors (Lipinski definition) is 2. The molecule has 0 spiro atoms. The Kier molecular flexibility index (Phi) is 6.15. The van der Waals surface area contributed by atoms with E-state index in [1.54, 1.807) is 12.1 Å². The number of benzene rings is 2. The van der Waals surface area contributed by atoms with E-state index in [4.69, 9.17) is 0 Å². The largest absolute Gasteiger partial charge is 0.352 e. The molecule has 27 heavy (non-hydrogen) atoms. The van der Waals surface area contributed by atoms with Crippen LogP contribution in [0.3, 0.4) is 0 Å². The second-order valence-electron chi connectivity index (χ2n) is 5.54. The Morgan fingerprint density at radius 2 is 1.56 bits per heavy atom. The molecule has 2 aromatic carbocycles. The van der Waals surface area contributed by atoms with E-state index in [1.807, 2.05) is 6.92 Å². The lowest BCUT2D eigenvalue weighted by molar-refractivity contribution is -0.394. The first-order chi connectivity index (χ1) is 12.8. The molecule has 0 bridgehead atoms. The summed E-state index contributed by atoms with van der Waals surface area (Å²) < 4.78 is 0. The van der Waals surface area contributed by atoms with Crippen LogP contribution in [0.4, 0.5) is 17.1 Å². The average molecular weight is 372 g/mol. The van der Waals surface area contributed by atoms with E-state index in [0.29, 0.717) is 12.1 Å². The maximum absolute atomic E-state index is 12.4. The first-order valence-electron chi connectivity index (χ1n) is 7.95. The lowest BCUT2D eigenvalue weighted by Gasteiger charge is -2.08. The van der Waals surface area contributed by atoms with Crippen molar-refractivity contribution in [1.82, 2.24) is 5.32 Å². The van der Waals surface area contributed by atoms with E-state index in [9.17, 15) is 29.8 Å². The molecule has 0 fully saturated rings. The van der Waals surface area contributed by atoms with Crippen LogP contribution in [0, 0.1) is 20.2 Å². The highest BCUT2D eigenvalue weighted by molar-refractivity contribution is 6.05. The van der Waals surface area contributed by atoms with Gasteiger partial charge in [0, 0.05) is 29.9 Å². The molecule has 0 atom stereocenters. The molecule has 2 aromatic rings. The van der Waals surface area contributed by atoms with Crippen molar-refractivity contribution in [2.75, 3.05) is 11.9 Å². The van der Waals surface area contributed by atoms with Crippen molar-refractivity contribution >= 4 is 28.9 Å². The molecule has 0 saturated heterocycles. The van der Waals surface area contributed by atoms with Gasteiger partial charge in [-0.1, -0.05) is 13.0 Å². The van der Waals surface area contributed by atoms with Gasteiger partial charge in [-0.25, -0.2) is 0 Å². The molecule has 0 aliphatic carbocycles. The van der Waals surface area contributed by atoms with Gasteiger partial charge in [-0.05, 0) is 24.6 Å². The zero-order valence-electron chi connectivity index (χ0n) is 14.3. The Bertz CT molecular complexity index is 880. The van der Waals surface area contributed by atoms with Crippen molar-refractivity contribution in [3.63, 3.8) is 0 Å². The average Bonchev–Trinajstić information content (AvgIpc) is 2.65. The fraction of sp³-hybridized carbons (Fsp3) is 0.176. The van der Waals surface area contributed by atoms with Crippen molar-refractivity contribution in [1.29, 1.82) is 0 Å². The van der Waals surface area contributed by atoms with Gasteiger partial charge in [-0.3, -0.25) is 29.8 Å². The van der Waals surface area contributed by atoms with Crippen molar-refractivity contribution in [3.05, 3.63) is 73.8 Å². The van der Waals surface area contributed by atoms with Gasteiger partial charge in [0.15, 0.2) is 0 Å². The van der Waals surface area contributed by atoms with Crippen LogP contribution in [0.5, 0.6) is 0 Å². The molecule has 10 heteroatoms. The highest BCUT2D eigenvalue weighted by Gasteiger charge is 2.20. The van der Waals surface area contributed by atoms with Crippen LogP contribution in [-0.4, -0.2) is 28.2 Å². The minimum Gasteiger partial charge on any atom is -0.352 e. The Morgan fingerprint density at radius 3 is 2.11 bits per heavy atom. The van der Waals surface area contributed by atoms with Gasteiger partial charge in [0.05, 0.1) is 21.5 Å². The lowest BCUT2D eigenvalue weighted by Crippen LogP contribution is -2.24. The maximum Gasteiger partial charge on any atom is 0.277 e. The number of amides is 2. The van der Waals surface area contributed by atoms with Crippen LogP contribution in [-0.2, 0) is 0 Å². The molecular formula is C17H16N4O6. The van der Waals surface area contributed by atoms with E-state index in [1.165, 1.54) is 12.1 Å². The number of rotatable bonds is 7. The number of nitro benzene ring substituents is 2. The van der Waals surface area contributed by atoms with E-state index in [2.05, 4.69) is 10.6 Å². The van der Waals surface area contributed by atoms with Crippen LogP contribution >= 0.6 is 0 Å². The molecule has 0 saturated carbocycles. The maximum atomic E-state index is 12.4. The summed E-state index contributed by atoms with van der Waals surface area (Å²) in [5, 5.41) is 27.0. The molecule has 0 unspecified atom stereocenters. The zero-order valence-corrected chi connectivity index (χ0v) is 14.3. The third-order valence-corrected chi connectivity index (χ3v) is 3.50. The number of nitro groups is 2. The number of carbonyl (C=O) groups excluding carboxylic acids is 2. The molecule has 140 valence electrons. The van der Waals surface area contributed by atoms with Crippen molar-refractivity contribution in [3.8, 4) is 0 Å². The normalized spacial score (nSPS) is 10.1. The fourth-order valence-electron chi connectivity index (χ4n) is 2.22. The van der Waals surface area contributed by atoms with Crippen LogP contribution in [0.2, 0.25) is 0 Å². The SMILES string of the molecule is CCCNC(=O)c1cccc(NC(=O)c2cc([N+](=O)[O-])cc([N+](=O)[O-])c2)c1. The van der Waals surface area contributed by atoms with Gasteiger partial charge < -0.3 is 10.6 Å². The van der Waals surface area contributed by atoms with Gasteiger partial charge in [-0.2, -0.15) is 0 Å². The quantitative estimate of drug-likeness (QED) is 0.565. The predicted molar refractivity (Wildman–Crippen MR) is 96.8 cm³/mol. The van der Waals surface area contributed by atoms with Gasteiger partial charge in [-0.15, -0.1) is 0 Å². The van der Waals surface area contributed by atoms with Crippen molar-refractivity contribution < 1.29 is 19.4 Å². The molecule has 0 aromatic heterocycles. The number of carbonyl (C=O) groups is 2. The first kappa shape index (κ1) is 19.5. The third-order valence-electron chi connectivity index (χ3n) is 3.50. The smallest absolute Gasteiger partial charge is 0.277 e. The number of hydrogen-bond acceptors (Lipinski definition) is 6. The molecular weight excluding hydrogens is 356 g/mol. The van der Waals surface area contributed by atoms with Crippen LogP contribution in [0.15, 0.2) is 42.5 Å². The van der Waals surface area contributed by atoms with E-state index < -0.39 is 27.1 Å². The number of nitrogens with one attached hydrogen (secondary N) is 2. The summed E-state index contributed by atoms with van der Waals surface area (Å²) in [4.78, 5) is 44.5. The Morgan fingerprint density at radius 1 is 0.926 bits per heavy atom. The number of anilines is 1. The van der Waals surface area contributed by atoms with Crippen LogP contribution < -0.4 is 10.6 Å². The van der Waals surface area contributed by atoms with Gasteiger partial charge in [0.25, 0.3) is 23.2 Å². The minimum absolute atomic E-state index is 0.239. The Hall–Kier alpha value is -3.82. The monoisotopic (exact) mass is 372 g/mol. The molecule has 2 rings (SSSR count). The molecule has 2 N–H and O–H groups in total. The Labute approximate surface area is 153 Å². The first-order valence-corrected chi connectivity index (χ1v) is 7.95. The highest BCUT2D eigenvalue weighted by atomic mass is 16.6. The van der Waals surface area contributed by atoms with Gasteiger partial charge in [0.2, 0.25) is 0 Å². The summed E-state index contributed by atoms with van der Waals surface area (Å²) in [6.45, 7) is 2.42.